The first-order valence-electron chi connectivity index (χ1n) is 11.2. The minimum atomic E-state index is -0.154. The van der Waals surface area contributed by atoms with Crippen LogP contribution < -0.4 is 10.1 Å². The van der Waals surface area contributed by atoms with Crippen molar-refractivity contribution in [2.45, 2.75) is 50.7 Å². The quantitative estimate of drug-likeness (QED) is 0.195. The van der Waals surface area contributed by atoms with Gasteiger partial charge in [-0.2, -0.15) is 0 Å². The number of para-hydroxylation sites is 1. The van der Waals surface area contributed by atoms with Gasteiger partial charge in [0.1, 0.15) is 11.6 Å². The molecular weight excluding hydrogens is 468 g/mol. The molecule has 6 nitrogen and oxygen atoms in total. The number of allylic oxidation sites excluding steroid dienone is 1. The van der Waals surface area contributed by atoms with Crippen LogP contribution in [0, 0.1) is 0 Å². The molecule has 1 aromatic heterocycles. The Labute approximate surface area is 210 Å². The van der Waals surface area contributed by atoms with Gasteiger partial charge in [0, 0.05) is 13.0 Å². The van der Waals surface area contributed by atoms with Crippen LogP contribution in [0.2, 0.25) is 5.02 Å². The van der Waals surface area contributed by atoms with E-state index in [1.165, 1.54) is 17.3 Å². The maximum Gasteiger partial charge on any atom is 0.234 e. The van der Waals surface area contributed by atoms with Crippen molar-refractivity contribution >= 4 is 35.0 Å². The number of hydrogen-bond donors (Lipinski definition) is 1. The van der Waals surface area contributed by atoms with E-state index < -0.39 is 0 Å². The third-order valence-corrected chi connectivity index (χ3v) is 6.42. The summed E-state index contributed by atoms with van der Waals surface area (Å²) in [7, 11) is 0. The second-order valence-electron chi connectivity index (χ2n) is 8.84. The molecule has 0 saturated carbocycles. The van der Waals surface area contributed by atoms with Gasteiger partial charge < -0.3 is 14.6 Å². The molecule has 0 bridgehead atoms. The largest absolute Gasteiger partial charge is 0.494 e. The Morgan fingerprint density at radius 2 is 1.91 bits per heavy atom. The van der Waals surface area contributed by atoms with E-state index in [-0.39, 0.29) is 17.1 Å². The minimum Gasteiger partial charge on any atom is -0.494 e. The third-order valence-electron chi connectivity index (χ3n) is 5.12. The van der Waals surface area contributed by atoms with Crippen molar-refractivity contribution in [3.8, 4) is 5.75 Å². The van der Waals surface area contributed by atoms with Gasteiger partial charge in [0.2, 0.25) is 5.91 Å². The van der Waals surface area contributed by atoms with E-state index in [2.05, 4.69) is 55.0 Å². The van der Waals surface area contributed by atoms with E-state index in [4.69, 9.17) is 16.3 Å². The summed E-state index contributed by atoms with van der Waals surface area (Å²) >= 11 is 7.45. The Hall–Kier alpha value is -2.77. The number of rotatable bonds is 11. The van der Waals surface area contributed by atoms with Gasteiger partial charge in [0.25, 0.3) is 0 Å². The van der Waals surface area contributed by atoms with Gasteiger partial charge in [-0.3, -0.25) is 4.79 Å². The summed E-state index contributed by atoms with van der Waals surface area (Å²) in [5, 5.41) is 12.6. The van der Waals surface area contributed by atoms with Gasteiger partial charge in [0.15, 0.2) is 5.16 Å². The number of carbonyl (C=O) groups is 1. The number of ether oxygens (including phenoxy) is 1. The van der Waals surface area contributed by atoms with E-state index in [0.29, 0.717) is 35.4 Å². The first kappa shape index (κ1) is 25.8. The molecule has 1 amide bonds. The first-order chi connectivity index (χ1) is 16.3. The number of halogens is 1. The molecule has 0 aliphatic heterocycles. The Balaban J connectivity index is 1.50. The molecule has 2 aromatic carbocycles. The predicted octanol–water partition coefficient (Wildman–Crippen LogP) is 6.16. The molecule has 0 spiro atoms. The predicted molar refractivity (Wildman–Crippen MR) is 140 cm³/mol. The number of nitrogens with zero attached hydrogens (tertiary/aromatic N) is 3. The lowest BCUT2D eigenvalue weighted by molar-refractivity contribution is -0.113. The molecule has 8 heteroatoms. The van der Waals surface area contributed by atoms with Crippen molar-refractivity contribution in [1.29, 1.82) is 0 Å². The Morgan fingerprint density at radius 1 is 1.18 bits per heavy atom. The van der Waals surface area contributed by atoms with Crippen molar-refractivity contribution in [3.63, 3.8) is 0 Å². The second-order valence-corrected chi connectivity index (χ2v) is 10.2. The molecule has 34 heavy (non-hydrogen) atoms. The highest BCUT2D eigenvalue weighted by atomic mass is 35.5. The van der Waals surface area contributed by atoms with Gasteiger partial charge >= 0.3 is 0 Å². The number of thioether (sulfide) groups is 1. The number of aromatic nitrogens is 3. The Morgan fingerprint density at radius 3 is 2.59 bits per heavy atom. The molecule has 0 fully saturated rings. The molecule has 180 valence electrons. The van der Waals surface area contributed by atoms with Gasteiger partial charge in [-0.15, -0.1) is 16.8 Å². The van der Waals surface area contributed by atoms with Crippen LogP contribution in [0.5, 0.6) is 5.75 Å². The molecule has 0 unspecified atom stereocenters. The highest BCUT2D eigenvalue weighted by Crippen LogP contribution is 2.25. The van der Waals surface area contributed by atoms with Crippen LogP contribution in [0.25, 0.3) is 0 Å². The van der Waals surface area contributed by atoms with Crippen LogP contribution in [-0.4, -0.2) is 33.0 Å². The van der Waals surface area contributed by atoms with Crippen LogP contribution in [0.1, 0.15) is 38.6 Å². The maximum absolute atomic E-state index is 12.4. The van der Waals surface area contributed by atoms with E-state index in [0.717, 1.165) is 18.0 Å². The molecule has 3 rings (SSSR count). The zero-order chi connectivity index (χ0) is 24.6. The maximum atomic E-state index is 12.4. The number of anilines is 1. The molecule has 3 aromatic rings. The summed E-state index contributed by atoms with van der Waals surface area (Å²) in [6, 6.07) is 15.4. The van der Waals surface area contributed by atoms with E-state index in [1.807, 2.05) is 28.8 Å². The first-order valence-corrected chi connectivity index (χ1v) is 12.6. The molecule has 0 aliphatic rings. The van der Waals surface area contributed by atoms with Crippen LogP contribution in [0.4, 0.5) is 5.69 Å². The summed E-state index contributed by atoms with van der Waals surface area (Å²) in [6.07, 6.45) is 3.31. The van der Waals surface area contributed by atoms with Crippen molar-refractivity contribution in [2.24, 2.45) is 0 Å². The van der Waals surface area contributed by atoms with Crippen LogP contribution in [0.15, 0.2) is 66.3 Å². The van der Waals surface area contributed by atoms with Gasteiger partial charge in [-0.1, -0.05) is 74.5 Å². The Bertz CT molecular complexity index is 1110. The van der Waals surface area contributed by atoms with Crippen LogP contribution in [-0.2, 0) is 23.2 Å². The zero-order valence-corrected chi connectivity index (χ0v) is 21.5. The fourth-order valence-electron chi connectivity index (χ4n) is 3.27. The lowest BCUT2D eigenvalue weighted by Crippen LogP contribution is -2.15. The lowest BCUT2D eigenvalue weighted by atomic mass is 9.87. The number of hydrogen-bond acceptors (Lipinski definition) is 5. The number of carbonyl (C=O) groups excluding carboxylic acids is 1. The normalized spacial score (nSPS) is 11.3. The summed E-state index contributed by atoms with van der Waals surface area (Å²) in [4.78, 5) is 12.4. The summed E-state index contributed by atoms with van der Waals surface area (Å²) in [5.74, 6) is 1.76. The molecule has 0 radical (unpaired) electrons. The average Bonchev–Trinajstić information content (AvgIpc) is 3.18. The van der Waals surface area contributed by atoms with Crippen molar-refractivity contribution in [2.75, 3.05) is 17.7 Å². The lowest BCUT2D eigenvalue weighted by Gasteiger charge is -2.19. The molecule has 1 N–H and O–H groups in total. The van der Waals surface area contributed by atoms with Crippen molar-refractivity contribution in [3.05, 3.63) is 77.6 Å². The fraction of sp³-hybridized carbons (Fsp3) is 0.346. The van der Waals surface area contributed by atoms with E-state index >= 15 is 0 Å². The SMILES string of the molecule is C=CCn1c(CCCOc2ccc(C(C)(C)C)cc2)nnc1SCC(=O)Nc1ccccc1Cl. The Kier molecular flexibility index (Phi) is 9.19. The highest BCUT2D eigenvalue weighted by molar-refractivity contribution is 7.99. The number of nitrogens with one attached hydrogen (secondary N) is 1. The number of aryl methyl sites for hydroxylation is 1. The third kappa shape index (κ3) is 7.37. The topological polar surface area (TPSA) is 69.0 Å². The van der Waals surface area contributed by atoms with E-state index in [9.17, 15) is 4.79 Å². The standard InChI is InChI=1S/C26H31ClN4O2S/c1-5-16-31-23(11-8-17-33-20-14-12-19(13-15-20)26(2,3)4)29-30-25(31)34-18-24(32)28-22-10-7-6-9-21(22)27/h5-7,9-10,12-15H,1,8,11,16-18H2,2-4H3,(H,28,32). The average molecular weight is 499 g/mol. The molecular formula is C26H31ClN4O2S. The van der Waals surface area contributed by atoms with Gasteiger partial charge in [-0.05, 0) is 41.7 Å². The highest BCUT2D eigenvalue weighted by Gasteiger charge is 2.15. The molecule has 0 atom stereocenters. The fourth-order valence-corrected chi connectivity index (χ4v) is 4.22. The number of amides is 1. The van der Waals surface area contributed by atoms with Gasteiger partial charge in [-0.25, -0.2) is 0 Å². The monoisotopic (exact) mass is 498 g/mol. The van der Waals surface area contributed by atoms with Crippen molar-refractivity contribution < 1.29 is 9.53 Å². The second kappa shape index (κ2) is 12.1. The molecule has 0 aliphatic carbocycles. The summed E-state index contributed by atoms with van der Waals surface area (Å²) in [6.45, 7) is 11.6. The van der Waals surface area contributed by atoms with Crippen LogP contribution in [0.3, 0.4) is 0 Å². The van der Waals surface area contributed by atoms with Crippen LogP contribution >= 0.6 is 23.4 Å². The smallest absolute Gasteiger partial charge is 0.234 e. The summed E-state index contributed by atoms with van der Waals surface area (Å²) < 4.78 is 7.89. The summed E-state index contributed by atoms with van der Waals surface area (Å²) in [5.41, 5.74) is 2.00. The zero-order valence-electron chi connectivity index (χ0n) is 19.9. The number of benzene rings is 2. The minimum absolute atomic E-state index is 0.124. The molecule has 0 saturated heterocycles. The van der Waals surface area contributed by atoms with Crippen molar-refractivity contribution in [1.82, 2.24) is 14.8 Å². The molecule has 1 heterocycles. The van der Waals surface area contributed by atoms with E-state index in [1.54, 1.807) is 18.2 Å². The van der Waals surface area contributed by atoms with Gasteiger partial charge in [0.05, 0.1) is 23.1 Å².